The smallest absolute Gasteiger partial charge is 0.257 e. The van der Waals surface area contributed by atoms with Gasteiger partial charge in [0.1, 0.15) is 5.82 Å². The number of nitrogens with one attached hydrogen (secondary N) is 2. The molecule has 1 aliphatic heterocycles. The van der Waals surface area contributed by atoms with E-state index in [2.05, 4.69) is 29.1 Å². The van der Waals surface area contributed by atoms with Gasteiger partial charge in [-0.2, -0.15) is 0 Å². The third-order valence-corrected chi connectivity index (χ3v) is 6.88. The Hall–Kier alpha value is -3.19. The fraction of sp³-hybridized carbons (Fsp3) is 0.280. The van der Waals surface area contributed by atoms with Gasteiger partial charge in [-0.25, -0.2) is 4.98 Å². The van der Waals surface area contributed by atoms with E-state index in [-0.39, 0.29) is 16.8 Å². The van der Waals surface area contributed by atoms with Crippen LogP contribution in [0.1, 0.15) is 49.3 Å². The number of Topliss-reactive ketones (excluding diaryl/α,β-unsaturated/α-hetero) is 1. The van der Waals surface area contributed by atoms with E-state index in [1.165, 1.54) is 11.8 Å². The Morgan fingerprint density at radius 1 is 1.09 bits per heavy atom. The number of benzene rings is 1. The van der Waals surface area contributed by atoms with E-state index in [1.54, 1.807) is 12.4 Å². The first-order valence-electron chi connectivity index (χ1n) is 10.7. The van der Waals surface area contributed by atoms with Gasteiger partial charge in [-0.3, -0.25) is 14.6 Å². The van der Waals surface area contributed by atoms with Crippen LogP contribution in [-0.4, -0.2) is 20.7 Å². The molecule has 6 nitrogen and oxygen atoms in total. The number of allylic oxidation sites excluding steroid dienone is 2. The summed E-state index contributed by atoms with van der Waals surface area (Å²) in [6, 6.07) is 13.8. The first kappa shape index (κ1) is 20.7. The van der Waals surface area contributed by atoms with Crippen LogP contribution < -0.4 is 10.9 Å². The summed E-state index contributed by atoms with van der Waals surface area (Å²) in [6.45, 7) is 4.19. The van der Waals surface area contributed by atoms with Crippen LogP contribution in [0.15, 0.2) is 76.1 Å². The molecule has 0 spiro atoms. The van der Waals surface area contributed by atoms with Gasteiger partial charge in [-0.15, -0.1) is 0 Å². The molecular weight excluding hydrogens is 420 g/mol. The van der Waals surface area contributed by atoms with Crippen molar-refractivity contribution < 1.29 is 4.79 Å². The zero-order valence-electron chi connectivity index (χ0n) is 18.0. The number of aromatic amines is 1. The van der Waals surface area contributed by atoms with Crippen molar-refractivity contribution in [2.75, 3.05) is 5.32 Å². The highest BCUT2D eigenvalue weighted by molar-refractivity contribution is 7.98. The summed E-state index contributed by atoms with van der Waals surface area (Å²) < 4.78 is 0. The van der Waals surface area contributed by atoms with Gasteiger partial charge in [0.2, 0.25) is 0 Å². The maximum absolute atomic E-state index is 13.3. The SMILES string of the molecule is CC1(C)CC(=O)C2=C(C1)Nc1nc(SCc3ccccc3)[nH]c(=O)c1C2c1cccnc1. The van der Waals surface area contributed by atoms with Gasteiger partial charge in [0.15, 0.2) is 10.9 Å². The lowest BCUT2D eigenvalue weighted by atomic mass is 9.69. The second-order valence-electron chi connectivity index (χ2n) is 9.09. The van der Waals surface area contributed by atoms with Crippen molar-refractivity contribution in [2.24, 2.45) is 5.41 Å². The molecule has 0 radical (unpaired) electrons. The number of carbonyl (C=O) groups excluding carboxylic acids is 1. The molecule has 1 atom stereocenters. The predicted octanol–water partition coefficient (Wildman–Crippen LogP) is 4.66. The maximum Gasteiger partial charge on any atom is 0.257 e. The highest BCUT2D eigenvalue weighted by Crippen LogP contribution is 2.47. The molecule has 0 fully saturated rings. The third kappa shape index (κ3) is 3.88. The molecule has 0 saturated carbocycles. The molecule has 2 aliphatic rings. The predicted molar refractivity (Wildman–Crippen MR) is 126 cm³/mol. The van der Waals surface area contributed by atoms with Crippen LogP contribution in [0.5, 0.6) is 0 Å². The maximum atomic E-state index is 13.3. The van der Waals surface area contributed by atoms with Gasteiger partial charge in [-0.05, 0) is 29.0 Å². The molecule has 32 heavy (non-hydrogen) atoms. The zero-order valence-corrected chi connectivity index (χ0v) is 18.8. The van der Waals surface area contributed by atoms with Crippen LogP contribution in [0.2, 0.25) is 0 Å². The lowest BCUT2D eigenvalue weighted by molar-refractivity contribution is -0.118. The lowest BCUT2D eigenvalue weighted by Crippen LogP contribution is -2.37. The summed E-state index contributed by atoms with van der Waals surface area (Å²) in [4.78, 5) is 38.4. The largest absolute Gasteiger partial charge is 0.343 e. The summed E-state index contributed by atoms with van der Waals surface area (Å²) in [5.74, 6) is 0.837. The summed E-state index contributed by atoms with van der Waals surface area (Å²) >= 11 is 1.49. The Bertz CT molecular complexity index is 1270. The van der Waals surface area contributed by atoms with Gasteiger partial charge in [0, 0.05) is 41.8 Å². The molecule has 2 N–H and O–H groups in total. The van der Waals surface area contributed by atoms with E-state index < -0.39 is 5.92 Å². The standard InChI is InChI=1S/C25H24N4O2S/c1-25(2)11-17-20(18(30)12-25)19(16-9-6-10-26-13-16)21-22(27-17)28-24(29-23(21)31)32-14-15-7-4-3-5-8-15/h3-10,13,19H,11-12,14H2,1-2H3,(H2,27,28,29,31). The van der Waals surface area contributed by atoms with Gasteiger partial charge >= 0.3 is 0 Å². The summed E-state index contributed by atoms with van der Waals surface area (Å²) in [7, 11) is 0. The molecule has 1 unspecified atom stereocenters. The van der Waals surface area contributed by atoms with E-state index in [0.29, 0.717) is 34.3 Å². The number of aromatic nitrogens is 3. The van der Waals surface area contributed by atoms with Gasteiger partial charge < -0.3 is 10.3 Å². The second-order valence-corrected chi connectivity index (χ2v) is 10.0. The number of carbonyl (C=O) groups is 1. The molecule has 7 heteroatoms. The van der Waals surface area contributed by atoms with Crippen molar-refractivity contribution >= 4 is 23.4 Å². The normalized spacial score (nSPS) is 19.2. The van der Waals surface area contributed by atoms with Crippen LogP contribution in [0.3, 0.4) is 0 Å². The molecule has 1 aliphatic carbocycles. The third-order valence-electron chi connectivity index (χ3n) is 5.94. The fourth-order valence-electron chi connectivity index (χ4n) is 4.57. The number of thioether (sulfide) groups is 1. The minimum Gasteiger partial charge on any atom is -0.343 e. The number of anilines is 1. The van der Waals surface area contributed by atoms with E-state index in [9.17, 15) is 9.59 Å². The monoisotopic (exact) mass is 444 g/mol. The number of fused-ring (bicyclic) bond motifs is 1. The molecule has 3 heterocycles. The van der Waals surface area contributed by atoms with Crippen molar-refractivity contribution in [2.45, 2.75) is 43.5 Å². The Kier molecular flexibility index (Phi) is 5.21. The molecule has 162 valence electrons. The van der Waals surface area contributed by atoms with E-state index in [0.717, 1.165) is 23.2 Å². The first-order chi connectivity index (χ1) is 15.4. The van der Waals surface area contributed by atoms with Crippen molar-refractivity contribution in [3.8, 4) is 0 Å². The molecule has 0 saturated heterocycles. The van der Waals surface area contributed by atoms with Gasteiger partial charge in [-0.1, -0.05) is 62.0 Å². The molecule has 0 bridgehead atoms. The van der Waals surface area contributed by atoms with Crippen molar-refractivity contribution in [3.63, 3.8) is 0 Å². The molecule has 0 amide bonds. The van der Waals surface area contributed by atoms with E-state index in [1.807, 2.05) is 42.5 Å². The Morgan fingerprint density at radius 3 is 2.66 bits per heavy atom. The Morgan fingerprint density at radius 2 is 1.91 bits per heavy atom. The molecule has 3 aromatic rings. The van der Waals surface area contributed by atoms with Gasteiger partial charge in [0.25, 0.3) is 5.56 Å². The van der Waals surface area contributed by atoms with Crippen LogP contribution in [0, 0.1) is 5.41 Å². The molecule has 5 rings (SSSR count). The number of rotatable bonds is 4. The highest BCUT2D eigenvalue weighted by Gasteiger charge is 2.42. The van der Waals surface area contributed by atoms with Gasteiger partial charge in [0.05, 0.1) is 5.56 Å². The number of H-pyrrole nitrogens is 1. The topological polar surface area (TPSA) is 87.7 Å². The number of hydrogen-bond donors (Lipinski definition) is 2. The molecular formula is C25H24N4O2S. The Labute approximate surface area is 190 Å². The highest BCUT2D eigenvalue weighted by atomic mass is 32.2. The van der Waals surface area contributed by atoms with E-state index in [4.69, 9.17) is 4.98 Å². The average molecular weight is 445 g/mol. The number of pyridine rings is 1. The van der Waals surface area contributed by atoms with Crippen LogP contribution in [0.4, 0.5) is 5.82 Å². The van der Waals surface area contributed by atoms with Crippen LogP contribution >= 0.6 is 11.8 Å². The molecule has 1 aromatic carbocycles. The minimum atomic E-state index is -0.469. The number of nitrogens with zero attached hydrogens (tertiary/aromatic N) is 2. The average Bonchev–Trinajstić information content (AvgIpc) is 2.77. The minimum absolute atomic E-state index is 0.0742. The van der Waals surface area contributed by atoms with Crippen LogP contribution in [0.25, 0.3) is 0 Å². The number of hydrogen-bond acceptors (Lipinski definition) is 6. The van der Waals surface area contributed by atoms with Crippen LogP contribution in [-0.2, 0) is 10.5 Å². The lowest BCUT2D eigenvalue weighted by Gasteiger charge is -2.38. The molecule has 2 aromatic heterocycles. The number of ketones is 1. The van der Waals surface area contributed by atoms with Crippen molar-refractivity contribution in [3.05, 3.63) is 93.2 Å². The summed E-state index contributed by atoms with van der Waals surface area (Å²) in [5.41, 5.74) is 3.62. The second kappa shape index (κ2) is 8.06. The fourth-order valence-corrected chi connectivity index (χ4v) is 5.38. The zero-order chi connectivity index (χ0) is 22.3. The first-order valence-corrected chi connectivity index (χ1v) is 11.6. The van der Waals surface area contributed by atoms with E-state index >= 15 is 0 Å². The Balaban J connectivity index is 1.59. The summed E-state index contributed by atoms with van der Waals surface area (Å²) in [6.07, 6.45) is 4.61. The van der Waals surface area contributed by atoms with Crippen molar-refractivity contribution in [1.29, 1.82) is 0 Å². The quantitative estimate of drug-likeness (QED) is 0.450. The van der Waals surface area contributed by atoms with Crippen molar-refractivity contribution in [1.82, 2.24) is 15.0 Å². The summed E-state index contributed by atoms with van der Waals surface area (Å²) in [5, 5.41) is 3.91.